The fourth-order valence-electron chi connectivity index (χ4n) is 2.90. The van der Waals surface area contributed by atoms with Gasteiger partial charge in [0.1, 0.15) is 11.6 Å². The van der Waals surface area contributed by atoms with E-state index in [-0.39, 0.29) is 0 Å². The summed E-state index contributed by atoms with van der Waals surface area (Å²) in [5, 5.41) is 3.73. The second-order valence-electron chi connectivity index (χ2n) is 5.30. The summed E-state index contributed by atoms with van der Waals surface area (Å²) in [4.78, 5) is 9.78. The third kappa shape index (κ3) is 3.21. The maximum Gasteiger partial charge on any atom is 0.144 e. The Morgan fingerprint density at radius 3 is 2.65 bits per heavy atom. The van der Waals surface area contributed by atoms with Gasteiger partial charge in [0.2, 0.25) is 0 Å². The number of thioether (sulfide) groups is 2. The highest BCUT2D eigenvalue weighted by Crippen LogP contribution is 2.40. The predicted molar refractivity (Wildman–Crippen MR) is 98.0 cm³/mol. The maximum absolute atomic E-state index is 4.99. The molecule has 0 amide bonds. The molecule has 0 aromatic carbocycles. The molecule has 2 aliphatic rings. The van der Waals surface area contributed by atoms with Crippen LogP contribution in [0, 0.1) is 3.57 Å². The lowest BCUT2D eigenvalue weighted by atomic mass is 10.0. The average Bonchev–Trinajstić information content (AvgIpc) is 3.02. The van der Waals surface area contributed by atoms with E-state index in [4.69, 9.17) is 9.97 Å². The van der Waals surface area contributed by atoms with Gasteiger partial charge in [0.15, 0.2) is 0 Å². The van der Waals surface area contributed by atoms with Crippen LogP contribution in [-0.2, 0) is 0 Å². The van der Waals surface area contributed by atoms with Crippen molar-refractivity contribution in [3.8, 4) is 0 Å². The summed E-state index contributed by atoms with van der Waals surface area (Å²) in [7, 11) is 1.97. The van der Waals surface area contributed by atoms with Crippen LogP contribution < -0.4 is 5.32 Å². The second-order valence-corrected chi connectivity index (χ2v) is 8.83. The Morgan fingerprint density at radius 1 is 1.20 bits per heavy atom. The molecule has 2 fully saturated rings. The number of nitrogens with one attached hydrogen (secondary N) is 1. The van der Waals surface area contributed by atoms with E-state index in [0.29, 0.717) is 11.2 Å². The maximum atomic E-state index is 4.99. The molecular weight excluding hydrogens is 401 g/mol. The largest absolute Gasteiger partial charge is 0.372 e. The van der Waals surface area contributed by atoms with E-state index in [1.165, 1.54) is 46.5 Å². The van der Waals surface area contributed by atoms with Crippen molar-refractivity contribution < 1.29 is 0 Å². The first-order valence-electron chi connectivity index (χ1n) is 7.24. The number of rotatable bonds is 3. The Labute approximate surface area is 143 Å². The molecule has 1 unspecified atom stereocenters. The molecule has 1 N–H and O–H groups in total. The Morgan fingerprint density at radius 2 is 2.00 bits per heavy atom. The van der Waals surface area contributed by atoms with E-state index >= 15 is 0 Å². The Balaban J connectivity index is 1.95. The summed E-state index contributed by atoms with van der Waals surface area (Å²) in [5.74, 6) is 6.36. The summed E-state index contributed by atoms with van der Waals surface area (Å²) in [6, 6.07) is 0. The summed E-state index contributed by atoms with van der Waals surface area (Å²) < 4.78 is 1.23. The van der Waals surface area contributed by atoms with Crippen LogP contribution in [0.15, 0.2) is 0 Å². The highest BCUT2D eigenvalue weighted by atomic mass is 127. The van der Waals surface area contributed by atoms with Crippen molar-refractivity contribution in [1.29, 1.82) is 0 Å². The molecule has 110 valence electrons. The lowest BCUT2D eigenvalue weighted by molar-refractivity contribution is 0.679. The van der Waals surface area contributed by atoms with Crippen LogP contribution >= 0.6 is 46.1 Å². The first kappa shape index (κ1) is 15.2. The van der Waals surface area contributed by atoms with Gasteiger partial charge >= 0.3 is 0 Å². The summed E-state index contributed by atoms with van der Waals surface area (Å²) in [6.45, 7) is 0. The normalized spacial score (nSPS) is 24.0. The zero-order valence-electron chi connectivity index (χ0n) is 11.7. The highest BCUT2D eigenvalue weighted by molar-refractivity contribution is 14.1. The molecular formula is C14H20IN3S2. The molecule has 0 bridgehead atoms. The number of halogens is 1. The molecule has 20 heavy (non-hydrogen) atoms. The van der Waals surface area contributed by atoms with Crippen molar-refractivity contribution in [1.82, 2.24) is 9.97 Å². The molecule has 0 radical (unpaired) electrons. The highest BCUT2D eigenvalue weighted by Gasteiger charge is 2.26. The Bertz CT molecular complexity index is 472. The first-order valence-corrected chi connectivity index (χ1v) is 10.5. The summed E-state index contributed by atoms with van der Waals surface area (Å²) in [6.07, 6.45) is 5.29. The van der Waals surface area contributed by atoms with Crippen LogP contribution in [0.25, 0.3) is 0 Å². The molecule has 1 aromatic rings. The molecule has 3 nitrogen and oxygen atoms in total. The topological polar surface area (TPSA) is 37.8 Å². The van der Waals surface area contributed by atoms with Crippen LogP contribution in [0.5, 0.6) is 0 Å². The molecule has 0 spiro atoms. The molecule has 1 aromatic heterocycles. The molecule has 1 aliphatic carbocycles. The standard InChI is InChI=1S/C14H20IN3S2/c1-16-14-11(15)12(9-4-2-3-5-9)17-13(18-14)10-8-19-6-7-20-10/h9-10H,2-8H2,1H3,(H,16,17,18). The zero-order chi connectivity index (χ0) is 13.9. The van der Waals surface area contributed by atoms with Gasteiger partial charge in [-0.05, 0) is 35.4 Å². The van der Waals surface area contributed by atoms with Crippen molar-refractivity contribution >= 4 is 51.9 Å². The van der Waals surface area contributed by atoms with E-state index in [1.807, 2.05) is 30.6 Å². The van der Waals surface area contributed by atoms with Gasteiger partial charge < -0.3 is 5.32 Å². The van der Waals surface area contributed by atoms with Crippen LogP contribution in [-0.4, -0.2) is 34.3 Å². The first-order chi connectivity index (χ1) is 9.79. The minimum absolute atomic E-state index is 0.470. The molecule has 6 heteroatoms. The lowest BCUT2D eigenvalue weighted by Gasteiger charge is -2.22. The number of hydrogen-bond donors (Lipinski definition) is 1. The van der Waals surface area contributed by atoms with E-state index in [0.717, 1.165) is 17.4 Å². The van der Waals surface area contributed by atoms with Crippen molar-refractivity contribution in [2.45, 2.75) is 36.9 Å². The van der Waals surface area contributed by atoms with Gasteiger partial charge in [-0.1, -0.05) is 12.8 Å². The molecule has 1 atom stereocenters. The van der Waals surface area contributed by atoms with Crippen molar-refractivity contribution in [2.75, 3.05) is 29.6 Å². The third-order valence-corrected chi connectivity index (χ3v) is 7.79. The van der Waals surface area contributed by atoms with Crippen molar-refractivity contribution in [3.63, 3.8) is 0 Å². The van der Waals surface area contributed by atoms with Crippen LogP contribution in [0.2, 0.25) is 0 Å². The lowest BCUT2D eigenvalue weighted by Crippen LogP contribution is -2.15. The van der Waals surface area contributed by atoms with Gasteiger partial charge in [0, 0.05) is 30.2 Å². The van der Waals surface area contributed by atoms with E-state index in [9.17, 15) is 0 Å². The van der Waals surface area contributed by atoms with Crippen molar-refractivity contribution in [3.05, 3.63) is 15.1 Å². The van der Waals surface area contributed by atoms with Gasteiger partial charge in [-0.2, -0.15) is 11.8 Å². The Hall–Kier alpha value is 0.310. The van der Waals surface area contributed by atoms with Gasteiger partial charge in [-0.15, -0.1) is 11.8 Å². The van der Waals surface area contributed by atoms with Gasteiger partial charge in [0.05, 0.1) is 14.5 Å². The van der Waals surface area contributed by atoms with E-state index in [1.54, 1.807) is 0 Å². The minimum Gasteiger partial charge on any atom is -0.372 e. The minimum atomic E-state index is 0.470. The third-order valence-electron chi connectivity index (χ3n) is 3.98. The Kier molecular flexibility index (Phi) is 5.36. The average molecular weight is 421 g/mol. The fraction of sp³-hybridized carbons (Fsp3) is 0.714. The number of anilines is 1. The zero-order valence-corrected chi connectivity index (χ0v) is 15.5. The van der Waals surface area contributed by atoms with Gasteiger partial charge in [-0.3, -0.25) is 0 Å². The second kappa shape index (κ2) is 7.05. The van der Waals surface area contributed by atoms with Crippen molar-refractivity contribution in [2.24, 2.45) is 0 Å². The monoisotopic (exact) mass is 421 g/mol. The molecule has 3 rings (SSSR count). The number of nitrogens with zero attached hydrogens (tertiary/aromatic N) is 2. The number of aromatic nitrogens is 2. The van der Waals surface area contributed by atoms with Gasteiger partial charge in [0.25, 0.3) is 0 Å². The predicted octanol–water partition coefficient (Wildman–Crippen LogP) is 4.30. The SMILES string of the molecule is CNc1nc(C2CSCCS2)nc(C2CCCC2)c1I. The van der Waals surface area contributed by atoms with Crippen LogP contribution in [0.4, 0.5) is 5.82 Å². The quantitative estimate of drug-likeness (QED) is 0.737. The van der Waals surface area contributed by atoms with E-state index < -0.39 is 0 Å². The molecule has 1 saturated carbocycles. The summed E-state index contributed by atoms with van der Waals surface area (Å²) in [5.41, 5.74) is 1.30. The smallest absolute Gasteiger partial charge is 0.144 e. The van der Waals surface area contributed by atoms with Crippen LogP contribution in [0.3, 0.4) is 0 Å². The van der Waals surface area contributed by atoms with Crippen LogP contribution in [0.1, 0.15) is 48.4 Å². The molecule has 1 saturated heterocycles. The number of hydrogen-bond acceptors (Lipinski definition) is 5. The molecule has 1 aliphatic heterocycles. The summed E-state index contributed by atoms with van der Waals surface area (Å²) >= 11 is 6.47. The molecule has 2 heterocycles. The van der Waals surface area contributed by atoms with E-state index in [2.05, 4.69) is 27.9 Å². The fourth-order valence-corrected chi connectivity index (χ4v) is 6.45. The van der Waals surface area contributed by atoms with Gasteiger partial charge in [-0.25, -0.2) is 9.97 Å².